The number of amides is 2. The summed E-state index contributed by atoms with van der Waals surface area (Å²) >= 11 is 11.9. The number of piperazine rings is 1. The van der Waals surface area contributed by atoms with Crippen molar-refractivity contribution < 1.29 is 9.59 Å². The summed E-state index contributed by atoms with van der Waals surface area (Å²) in [6, 6.07) is 4.32. The summed E-state index contributed by atoms with van der Waals surface area (Å²) in [5.41, 5.74) is 0.266. The van der Waals surface area contributed by atoms with Crippen LogP contribution in [-0.4, -0.2) is 48.4 Å². The fraction of sp³-hybridized carbons (Fsp3) is 0.467. The lowest BCUT2D eigenvalue weighted by Crippen LogP contribution is -2.57. The van der Waals surface area contributed by atoms with E-state index < -0.39 is 11.9 Å². The van der Waals surface area contributed by atoms with Gasteiger partial charge in [0.2, 0.25) is 5.91 Å². The maximum atomic E-state index is 12.5. The number of hydrogen-bond acceptors (Lipinski definition) is 3. The van der Waals surface area contributed by atoms with Gasteiger partial charge in [0.1, 0.15) is 6.04 Å². The normalized spacial score (nSPS) is 18.8. The van der Waals surface area contributed by atoms with Crippen LogP contribution in [-0.2, 0) is 4.79 Å². The summed E-state index contributed by atoms with van der Waals surface area (Å²) < 4.78 is 0. The van der Waals surface area contributed by atoms with Gasteiger partial charge in [-0.3, -0.25) is 9.59 Å². The molecule has 1 aliphatic heterocycles. The molecule has 128 valence electrons. The topological polar surface area (TPSA) is 61.4 Å². The predicted molar refractivity (Wildman–Crippen MR) is 94.7 cm³/mol. The highest BCUT2D eigenvalue weighted by Gasteiger charge is 2.28. The molecule has 0 aliphatic carbocycles. The maximum absolute atomic E-state index is 12.5. The zero-order valence-electron chi connectivity index (χ0n) is 12.9. The highest BCUT2D eigenvalue weighted by molar-refractivity contribution is 6.43. The lowest BCUT2D eigenvalue weighted by Gasteiger charge is -2.35. The Hall–Kier alpha value is -1.01. The van der Waals surface area contributed by atoms with Gasteiger partial charge in [-0.1, -0.05) is 29.3 Å². The molecule has 0 bridgehead atoms. The molecule has 0 spiro atoms. The van der Waals surface area contributed by atoms with Crippen molar-refractivity contribution in [3.63, 3.8) is 0 Å². The second kappa shape index (κ2) is 8.73. The van der Waals surface area contributed by atoms with Gasteiger partial charge in [-0.25, -0.2) is 0 Å². The molecule has 1 fully saturated rings. The van der Waals surface area contributed by atoms with E-state index in [-0.39, 0.29) is 34.9 Å². The Morgan fingerprint density at radius 1 is 1.39 bits per heavy atom. The molecule has 1 heterocycles. The van der Waals surface area contributed by atoms with Crippen LogP contribution in [0.1, 0.15) is 24.2 Å². The van der Waals surface area contributed by atoms with E-state index in [0.29, 0.717) is 11.6 Å². The minimum Gasteiger partial charge on any atom is -0.340 e. The second-order valence-electron chi connectivity index (χ2n) is 5.38. The van der Waals surface area contributed by atoms with Crippen molar-refractivity contribution in [2.45, 2.75) is 25.9 Å². The summed E-state index contributed by atoms with van der Waals surface area (Å²) in [4.78, 5) is 26.5. The highest BCUT2D eigenvalue weighted by atomic mass is 35.5. The maximum Gasteiger partial charge on any atom is 0.253 e. The molecule has 1 aromatic carbocycles. The van der Waals surface area contributed by atoms with E-state index in [0.717, 1.165) is 13.1 Å². The molecule has 2 amide bonds. The number of halogens is 3. The number of hydrogen-bond donors (Lipinski definition) is 2. The smallest absolute Gasteiger partial charge is 0.253 e. The SMILES string of the molecule is CC(NC(=O)c1cccc(Cl)c1Cl)C(=O)N1CCNC[C@@H]1C.Cl. The third-order valence-electron chi connectivity index (χ3n) is 3.70. The Morgan fingerprint density at radius 3 is 2.74 bits per heavy atom. The molecule has 2 rings (SSSR count). The van der Waals surface area contributed by atoms with E-state index >= 15 is 0 Å². The van der Waals surface area contributed by atoms with Gasteiger partial charge in [0, 0.05) is 25.7 Å². The molecule has 23 heavy (non-hydrogen) atoms. The van der Waals surface area contributed by atoms with Crippen molar-refractivity contribution in [2.75, 3.05) is 19.6 Å². The quantitative estimate of drug-likeness (QED) is 0.846. The third-order valence-corrected chi connectivity index (χ3v) is 4.52. The van der Waals surface area contributed by atoms with Gasteiger partial charge in [0.15, 0.2) is 0 Å². The lowest BCUT2D eigenvalue weighted by atomic mass is 10.1. The third kappa shape index (κ3) is 4.73. The molecule has 2 atom stereocenters. The molecule has 1 unspecified atom stereocenters. The Morgan fingerprint density at radius 2 is 2.09 bits per heavy atom. The molecular weight excluding hydrogens is 361 g/mol. The Balaban J connectivity index is 0.00000264. The van der Waals surface area contributed by atoms with Crippen LogP contribution >= 0.6 is 35.6 Å². The van der Waals surface area contributed by atoms with Gasteiger partial charge >= 0.3 is 0 Å². The van der Waals surface area contributed by atoms with Crippen LogP contribution in [0.15, 0.2) is 18.2 Å². The average molecular weight is 381 g/mol. The van der Waals surface area contributed by atoms with E-state index in [1.54, 1.807) is 30.0 Å². The fourth-order valence-corrected chi connectivity index (χ4v) is 2.82. The number of nitrogens with one attached hydrogen (secondary N) is 2. The predicted octanol–water partition coefficient (Wildman–Crippen LogP) is 2.35. The first-order valence-electron chi connectivity index (χ1n) is 7.18. The first kappa shape index (κ1) is 20.0. The number of rotatable bonds is 3. The van der Waals surface area contributed by atoms with Crippen molar-refractivity contribution >= 4 is 47.4 Å². The minimum absolute atomic E-state index is 0. The monoisotopic (exact) mass is 379 g/mol. The van der Waals surface area contributed by atoms with Crippen LogP contribution in [0.3, 0.4) is 0 Å². The van der Waals surface area contributed by atoms with Crippen LogP contribution in [0.25, 0.3) is 0 Å². The zero-order valence-corrected chi connectivity index (χ0v) is 15.3. The van der Waals surface area contributed by atoms with Crippen molar-refractivity contribution in [3.8, 4) is 0 Å². The first-order chi connectivity index (χ1) is 10.4. The molecular formula is C15H20Cl3N3O2. The standard InChI is InChI=1S/C15H19Cl2N3O2.ClH/c1-9-8-18-6-7-20(9)15(22)10(2)19-14(21)11-4-3-5-12(16)13(11)17;/h3-5,9-10,18H,6-8H2,1-2H3,(H,19,21);1H/t9-,10?;/m0./s1. The molecule has 5 nitrogen and oxygen atoms in total. The summed E-state index contributed by atoms with van der Waals surface area (Å²) in [5.74, 6) is -0.503. The second-order valence-corrected chi connectivity index (χ2v) is 6.17. The Kier molecular flexibility index (Phi) is 7.61. The van der Waals surface area contributed by atoms with Crippen LogP contribution < -0.4 is 10.6 Å². The van der Waals surface area contributed by atoms with E-state index in [4.69, 9.17) is 23.2 Å². The molecule has 8 heteroatoms. The van der Waals surface area contributed by atoms with Gasteiger partial charge in [0.05, 0.1) is 15.6 Å². The number of benzene rings is 1. The van der Waals surface area contributed by atoms with E-state index in [1.807, 2.05) is 6.92 Å². The minimum atomic E-state index is -0.622. The molecule has 0 saturated carbocycles. The van der Waals surface area contributed by atoms with Crippen molar-refractivity contribution in [2.24, 2.45) is 0 Å². The average Bonchev–Trinajstić information content (AvgIpc) is 2.49. The van der Waals surface area contributed by atoms with E-state index in [9.17, 15) is 9.59 Å². The molecule has 0 aromatic heterocycles. The van der Waals surface area contributed by atoms with Gasteiger partial charge in [0.25, 0.3) is 5.91 Å². The number of carbonyl (C=O) groups excluding carboxylic acids is 2. The summed E-state index contributed by atoms with van der Waals surface area (Å²) in [5, 5.41) is 6.41. The molecule has 0 radical (unpaired) electrons. The van der Waals surface area contributed by atoms with E-state index in [2.05, 4.69) is 10.6 Å². The van der Waals surface area contributed by atoms with Crippen LogP contribution in [0.2, 0.25) is 10.0 Å². The summed E-state index contributed by atoms with van der Waals surface area (Å²) in [7, 11) is 0. The molecule has 1 saturated heterocycles. The largest absolute Gasteiger partial charge is 0.340 e. The van der Waals surface area contributed by atoms with E-state index in [1.165, 1.54) is 0 Å². The Bertz CT molecular complexity index is 583. The van der Waals surface area contributed by atoms with Gasteiger partial charge in [-0.05, 0) is 26.0 Å². The van der Waals surface area contributed by atoms with Gasteiger partial charge < -0.3 is 15.5 Å². The highest BCUT2D eigenvalue weighted by Crippen LogP contribution is 2.25. The van der Waals surface area contributed by atoms with Gasteiger partial charge in [-0.15, -0.1) is 12.4 Å². The summed E-state index contributed by atoms with van der Waals surface area (Å²) in [6.45, 7) is 5.81. The Labute approximate surface area is 152 Å². The number of nitrogens with zero attached hydrogens (tertiary/aromatic N) is 1. The van der Waals surface area contributed by atoms with Crippen molar-refractivity contribution in [1.82, 2.24) is 15.5 Å². The fourth-order valence-electron chi connectivity index (χ4n) is 2.43. The van der Waals surface area contributed by atoms with Crippen LogP contribution in [0.5, 0.6) is 0 Å². The van der Waals surface area contributed by atoms with Gasteiger partial charge in [-0.2, -0.15) is 0 Å². The zero-order chi connectivity index (χ0) is 16.3. The van der Waals surface area contributed by atoms with Crippen LogP contribution in [0.4, 0.5) is 0 Å². The number of carbonyl (C=O) groups is 2. The lowest BCUT2D eigenvalue weighted by molar-refractivity contribution is -0.135. The first-order valence-corrected chi connectivity index (χ1v) is 7.93. The summed E-state index contributed by atoms with van der Waals surface area (Å²) in [6.07, 6.45) is 0. The van der Waals surface area contributed by atoms with Crippen molar-refractivity contribution in [1.29, 1.82) is 0 Å². The molecule has 1 aromatic rings. The molecule has 2 N–H and O–H groups in total. The van der Waals surface area contributed by atoms with Crippen LogP contribution in [0, 0.1) is 0 Å². The van der Waals surface area contributed by atoms with Crippen molar-refractivity contribution in [3.05, 3.63) is 33.8 Å². The molecule has 1 aliphatic rings.